The highest BCUT2D eigenvalue weighted by Gasteiger charge is 2.47. The van der Waals surface area contributed by atoms with E-state index in [0.717, 1.165) is 48.9 Å². The van der Waals surface area contributed by atoms with Crippen LogP contribution in [-0.2, 0) is 9.47 Å². The van der Waals surface area contributed by atoms with Crippen LogP contribution in [-0.4, -0.2) is 30.7 Å². The number of hydrogen-bond donors (Lipinski definition) is 1. The van der Waals surface area contributed by atoms with Crippen molar-refractivity contribution in [1.29, 1.82) is 0 Å². The minimum atomic E-state index is -0.173. The van der Waals surface area contributed by atoms with E-state index in [9.17, 15) is 5.11 Å². The lowest BCUT2D eigenvalue weighted by atomic mass is 9.74. The van der Waals surface area contributed by atoms with Crippen LogP contribution in [0.2, 0.25) is 0 Å². The normalized spacial score (nSPS) is 41.0. The van der Waals surface area contributed by atoms with E-state index in [1.165, 1.54) is 25.7 Å². The molecule has 6 unspecified atom stereocenters. The molecule has 3 rings (SSSR count). The predicted octanol–water partition coefficient (Wildman–Crippen LogP) is 3.60. The standard InChI is InChI=1S/C18H32O3/c1-12-13(2)17-11-15(12)10-14(17)4-3-5-16(19)6-7-18-20-8-9-21-18/h12-19H,3-11H2,1-2H3. The molecule has 2 bridgehead atoms. The van der Waals surface area contributed by atoms with Crippen molar-refractivity contribution in [3.8, 4) is 0 Å². The number of aliphatic hydroxyl groups is 1. The third kappa shape index (κ3) is 3.62. The van der Waals surface area contributed by atoms with Gasteiger partial charge in [0.25, 0.3) is 0 Å². The Kier molecular flexibility index (Phi) is 5.23. The van der Waals surface area contributed by atoms with Crippen molar-refractivity contribution in [2.24, 2.45) is 29.6 Å². The molecule has 3 aliphatic rings. The zero-order valence-corrected chi connectivity index (χ0v) is 13.7. The van der Waals surface area contributed by atoms with Crippen LogP contribution in [0.5, 0.6) is 0 Å². The molecule has 1 N–H and O–H groups in total. The maximum Gasteiger partial charge on any atom is 0.157 e. The Labute approximate surface area is 129 Å². The van der Waals surface area contributed by atoms with Gasteiger partial charge in [0.05, 0.1) is 19.3 Å². The van der Waals surface area contributed by atoms with E-state index in [-0.39, 0.29) is 12.4 Å². The summed E-state index contributed by atoms with van der Waals surface area (Å²) >= 11 is 0. The number of hydrogen-bond acceptors (Lipinski definition) is 3. The molecule has 3 nitrogen and oxygen atoms in total. The molecule has 3 fully saturated rings. The minimum Gasteiger partial charge on any atom is -0.393 e. The maximum absolute atomic E-state index is 10.1. The van der Waals surface area contributed by atoms with E-state index in [4.69, 9.17) is 9.47 Å². The van der Waals surface area contributed by atoms with E-state index in [2.05, 4.69) is 13.8 Å². The maximum atomic E-state index is 10.1. The summed E-state index contributed by atoms with van der Waals surface area (Å²) in [6, 6.07) is 0. The summed E-state index contributed by atoms with van der Waals surface area (Å²) in [6.07, 6.45) is 7.81. The van der Waals surface area contributed by atoms with Crippen LogP contribution >= 0.6 is 0 Å². The number of aliphatic hydroxyl groups excluding tert-OH is 1. The van der Waals surface area contributed by atoms with Gasteiger partial charge in [0.1, 0.15) is 0 Å². The second-order valence-corrected chi connectivity index (χ2v) is 7.71. The summed E-state index contributed by atoms with van der Waals surface area (Å²) in [4.78, 5) is 0. The summed E-state index contributed by atoms with van der Waals surface area (Å²) in [5.74, 6) is 4.78. The Morgan fingerprint density at radius 1 is 1.00 bits per heavy atom. The van der Waals surface area contributed by atoms with E-state index >= 15 is 0 Å². The molecule has 0 aromatic heterocycles. The van der Waals surface area contributed by atoms with Crippen molar-refractivity contribution in [2.45, 2.75) is 71.2 Å². The van der Waals surface area contributed by atoms with E-state index in [1.54, 1.807) is 0 Å². The highest BCUT2D eigenvalue weighted by molar-refractivity contribution is 4.97. The number of ether oxygens (including phenoxy) is 2. The molecule has 21 heavy (non-hydrogen) atoms. The van der Waals surface area contributed by atoms with Gasteiger partial charge in [-0.25, -0.2) is 0 Å². The molecule has 0 spiro atoms. The highest BCUT2D eigenvalue weighted by atomic mass is 16.7. The Morgan fingerprint density at radius 2 is 1.76 bits per heavy atom. The molecule has 2 aliphatic carbocycles. The molecule has 0 aromatic carbocycles. The monoisotopic (exact) mass is 296 g/mol. The lowest BCUT2D eigenvalue weighted by molar-refractivity contribution is -0.0544. The molecule has 0 radical (unpaired) electrons. The van der Waals surface area contributed by atoms with E-state index < -0.39 is 0 Å². The lowest BCUT2D eigenvalue weighted by Gasteiger charge is -2.32. The highest BCUT2D eigenvalue weighted by Crippen LogP contribution is 2.56. The largest absolute Gasteiger partial charge is 0.393 e. The molecule has 1 aliphatic heterocycles. The topological polar surface area (TPSA) is 38.7 Å². The first-order valence-electron chi connectivity index (χ1n) is 9.06. The van der Waals surface area contributed by atoms with Crippen LogP contribution < -0.4 is 0 Å². The molecule has 2 saturated carbocycles. The second-order valence-electron chi connectivity index (χ2n) is 7.71. The predicted molar refractivity (Wildman–Crippen MR) is 82.8 cm³/mol. The van der Waals surface area contributed by atoms with Gasteiger partial charge in [-0.05, 0) is 55.3 Å². The van der Waals surface area contributed by atoms with Gasteiger partial charge in [0.2, 0.25) is 0 Å². The average molecular weight is 296 g/mol. The summed E-state index contributed by atoms with van der Waals surface area (Å²) in [5.41, 5.74) is 0. The first-order chi connectivity index (χ1) is 10.1. The fourth-order valence-corrected chi connectivity index (χ4v) is 5.09. The Hall–Kier alpha value is -0.120. The molecule has 1 heterocycles. The van der Waals surface area contributed by atoms with Gasteiger partial charge in [-0.15, -0.1) is 0 Å². The van der Waals surface area contributed by atoms with Crippen molar-refractivity contribution in [2.75, 3.05) is 13.2 Å². The number of rotatable bonds is 7. The third-order valence-electron chi connectivity index (χ3n) is 6.57. The van der Waals surface area contributed by atoms with Crippen molar-refractivity contribution in [3.63, 3.8) is 0 Å². The van der Waals surface area contributed by atoms with Crippen LogP contribution in [0.15, 0.2) is 0 Å². The molecular weight excluding hydrogens is 264 g/mol. The zero-order chi connectivity index (χ0) is 14.8. The van der Waals surface area contributed by atoms with Gasteiger partial charge in [-0.2, -0.15) is 0 Å². The van der Waals surface area contributed by atoms with Crippen molar-refractivity contribution in [1.82, 2.24) is 0 Å². The van der Waals surface area contributed by atoms with Crippen LogP contribution in [0.4, 0.5) is 0 Å². The first-order valence-corrected chi connectivity index (χ1v) is 9.06. The molecular formula is C18H32O3. The molecule has 0 amide bonds. The van der Waals surface area contributed by atoms with E-state index in [0.29, 0.717) is 13.2 Å². The quantitative estimate of drug-likeness (QED) is 0.780. The molecule has 6 atom stereocenters. The van der Waals surface area contributed by atoms with Crippen LogP contribution in [0.1, 0.15) is 58.8 Å². The fraction of sp³-hybridized carbons (Fsp3) is 1.00. The first kappa shape index (κ1) is 15.8. The van der Waals surface area contributed by atoms with Crippen LogP contribution in [0, 0.1) is 29.6 Å². The van der Waals surface area contributed by atoms with Gasteiger partial charge < -0.3 is 14.6 Å². The third-order valence-corrected chi connectivity index (χ3v) is 6.57. The Balaban J connectivity index is 1.29. The van der Waals surface area contributed by atoms with Crippen LogP contribution in [0.3, 0.4) is 0 Å². The van der Waals surface area contributed by atoms with Crippen molar-refractivity contribution >= 4 is 0 Å². The summed E-state index contributed by atoms with van der Waals surface area (Å²) < 4.78 is 10.8. The lowest BCUT2D eigenvalue weighted by Crippen LogP contribution is -2.24. The summed E-state index contributed by atoms with van der Waals surface area (Å²) in [7, 11) is 0. The molecule has 0 aromatic rings. The Bertz CT molecular complexity index is 324. The van der Waals surface area contributed by atoms with Crippen molar-refractivity contribution in [3.05, 3.63) is 0 Å². The summed E-state index contributed by atoms with van der Waals surface area (Å²) in [5, 5.41) is 10.1. The van der Waals surface area contributed by atoms with Gasteiger partial charge in [-0.3, -0.25) is 0 Å². The smallest absolute Gasteiger partial charge is 0.157 e. The SMILES string of the molecule is CC1C2CC(CCCC(O)CCC3OCCO3)C(C2)C1C. The molecule has 122 valence electrons. The van der Waals surface area contributed by atoms with Crippen LogP contribution in [0.25, 0.3) is 0 Å². The Morgan fingerprint density at radius 3 is 2.43 bits per heavy atom. The van der Waals surface area contributed by atoms with Crippen molar-refractivity contribution < 1.29 is 14.6 Å². The zero-order valence-electron chi connectivity index (χ0n) is 13.7. The fourth-order valence-electron chi connectivity index (χ4n) is 5.09. The van der Waals surface area contributed by atoms with Gasteiger partial charge in [0, 0.05) is 6.42 Å². The average Bonchev–Trinajstić information content (AvgIpc) is 3.17. The number of fused-ring (bicyclic) bond motifs is 2. The van der Waals surface area contributed by atoms with Gasteiger partial charge in [-0.1, -0.05) is 26.7 Å². The summed E-state index contributed by atoms with van der Waals surface area (Å²) in [6.45, 7) is 6.32. The van der Waals surface area contributed by atoms with Gasteiger partial charge >= 0.3 is 0 Å². The minimum absolute atomic E-state index is 0.0625. The second kappa shape index (κ2) is 6.97. The molecule has 1 saturated heterocycles. The van der Waals surface area contributed by atoms with Gasteiger partial charge in [0.15, 0.2) is 6.29 Å². The van der Waals surface area contributed by atoms with E-state index in [1.807, 2.05) is 0 Å². The molecule has 3 heteroatoms.